The summed E-state index contributed by atoms with van der Waals surface area (Å²) in [6.07, 6.45) is 0. The van der Waals surface area contributed by atoms with Crippen LogP contribution in [0.2, 0.25) is 0 Å². The summed E-state index contributed by atoms with van der Waals surface area (Å²) in [5, 5.41) is 3.36. The fourth-order valence-corrected chi connectivity index (χ4v) is 2.73. The smallest absolute Gasteiger partial charge is 0.125 e. The molecule has 0 aliphatic carbocycles. The van der Waals surface area contributed by atoms with Gasteiger partial charge in [0.25, 0.3) is 0 Å². The van der Waals surface area contributed by atoms with Crippen LogP contribution < -0.4 is 10.2 Å². The summed E-state index contributed by atoms with van der Waals surface area (Å²) in [6, 6.07) is 13.4. The molecule has 3 heteroatoms. The third-order valence-electron chi connectivity index (χ3n) is 3.83. The summed E-state index contributed by atoms with van der Waals surface area (Å²) in [6.45, 7) is 5.69. The van der Waals surface area contributed by atoms with Gasteiger partial charge < -0.3 is 10.2 Å². The van der Waals surface area contributed by atoms with Gasteiger partial charge in [0, 0.05) is 31.9 Å². The minimum atomic E-state index is -0.181. The molecule has 1 aliphatic rings. The second-order valence-electron chi connectivity index (χ2n) is 5.20. The van der Waals surface area contributed by atoms with Gasteiger partial charge in [0.1, 0.15) is 5.82 Å². The second-order valence-corrected chi connectivity index (χ2v) is 5.20. The van der Waals surface area contributed by atoms with Crippen molar-refractivity contribution in [2.75, 3.05) is 11.4 Å². The first-order valence-corrected chi connectivity index (χ1v) is 7.08. The molecule has 2 aromatic rings. The fraction of sp³-hybridized carbons (Fsp3) is 0.294. The molecule has 0 amide bonds. The predicted molar refractivity (Wildman–Crippen MR) is 80.1 cm³/mol. The zero-order valence-electron chi connectivity index (χ0n) is 11.7. The lowest BCUT2D eigenvalue weighted by Crippen LogP contribution is -2.22. The number of halogens is 1. The maximum absolute atomic E-state index is 13.3. The molecule has 0 aromatic heterocycles. The summed E-state index contributed by atoms with van der Waals surface area (Å²) >= 11 is 0. The first kappa shape index (κ1) is 13.1. The van der Waals surface area contributed by atoms with Crippen molar-refractivity contribution in [2.45, 2.75) is 26.6 Å². The number of fused-ring (bicyclic) bond motifs is 1. The topological polar surface area (TPSA) is 15.3 Å². The van der Waals surface area contributed by atoms with Gasteiger partial charge in [-0.1, -0.05) is 24.3 Å². The van der Waals surface area contributed by atoms with Crippen LogP contribution in [-0.4, -0.2) is 6.54 Å². The van der Waals surface area contributed by atoms with E-state index in [9.17, 15) is 4.39 Å². The average Bonchev–Trinajstić information content (AvgIpc) is 2.92. The van der Waals surface area contributed by atoms with Crippen LogP contribution in [-0.2, 0) is 19.6 Å². The molecular weight excluding hydrogens is 251 g/mol. The Morgan fingerprint density at radius 2 is 1.95 bits per heavy atom. The molecule has 0 unspecified atom stereocenters. The highest BCUT2D eigenvalue weighted by Gasteiger charge is 2.12. The third kappa shape index (κ3) is 2.68. The summed E-state index contributed by atoms with van der Waals surface area (Å²) in [5.41, 5.74) is 4.99. The van der Waals surface area contributed by atoms with Gasteiger partial charge in [-0.05, 0) is 41.8 Å². The number of rotatable bonds is 4. The van der Waals surface area contributed by atoms with E-state index in [-0.39, 0.29) is 5.82 Å². The van der Waals surface area contributed by atoms with Crippen LogP contribution >= 0.6 is 0 Å². The van der Waals surface area contributed by atoms with Crippen molar-refractivity contribution in [3.8, 4) is 0 Å². The highest BCUT2D eigenvalue weighted by molar-refractivity contribution is 5.47. The average molecular weight is 270 g/mol. The predicted octanol–water partition coefficient (Wildman–Crippen LogP) is 3.46. The van der Waals surface area contributed by atoms with Gasteiger partial charge >= 0.3 is 0 Å². The highest BCUT2D eigenvalue weighted by Crippen LogP contribution is 2.21. The van der Waals surface area contributed by atoms with Crippen molar-refractivity contribution in [3.05, 3.63) is 65.0 Å². The Labute approximate surface area is 119 Å². The molecule has 1 N–H and O–H groups in total. The molecular formula is C17H19FN2. The molecule has 20 heavy (non-hydrogen) atoms. The molecule has 0 fully saturated rings. The lowest BCUT2D eigenvalue weighted by Gasteiger charge is -2.23. The summed E-state index contributed by atoms with van der Waals surface area (Å²) < 4.78 is 13.3. The minimum absolute atomic E-state index is 0.181. The van der Waals surface area contributed by atoms with Crippen LogP contribution in [0.25, 0.3) is 0 Å². The van der Waals surface area contributed by atoms with Crippen molar-refractivity contribution >= 4 is 5.69 Å². The molecule has 3 rings (SSSR count). The SMILES string of the molecule is CCN(Cc1ccc2c(c1)CNC2)c1cccc(F)c1. The molecule has 0 saturated heterocycles. The molecule has 0 spiro atoms. The van der Waals surface area contributed by atoms with Crippen LogP contribution in [0.15, 0.2) is 42.5 Å². The Morgan fingerprint density at radius 3 is 2.75 bits per heavy atom. The zero-order valence-corrected chi connectivity index (χ0v) is 11.7. The first-order chi connectivity index (χ1) is 9.76. The number of benzene rings is 2. The molecule has 2 aromatic carbocycles. The maximum Gasteiger partial charge on any atom is 0.125 e. The van der Waals surface area contributed by atoms with E-state index in [1.165, 1.54) is 22.8 Å². The number of hydrogen-bond acceptors (Lipinski definition) is 2. The van der Waals surface area contributed by atoms with Crippen LogP contribution in [0.5, 0.6) is 0 Å². The van der Waals surface area contributed by atoms with Crippen molar-refractivity contribution in [2.24, 2.45) is 0 Å². The van der Waals surface area contributed by atoms with Crippen molar-refractivity contribution in [3.63, 3.8) is 0 Å². The highest BCUT2D eigenvalue weighted by atomic mass is 19.1. The van der Waals surface area contributed by atoms with Gasteiger partial charge in [-0.3, -0.25) is 0 Å². The van der Waals surface area contributed by atoms with Crippen molar-refractivity contribution < 1.29 is 4.39 Å². The second kappa shape index (κ2) is 5.63. The Kier molecular flexibility index (Phi) is 3.70. The number of nitrogens with zero attached hydrogens (tertiary/aromatic N) is 1. The van der Waals surface area contributed by atoms with E-state index in [4.69, 9.17) is 0 Å². The zero-order chi connectivity index (χ0) is 13.9. The largest absolute Gasteiger partial charge is 0.367 e. The Morgan fingerprint density at radius 1 is 1.10 bits per heavy atom. The fourth-order valence-electron chi connectivity index (χ4n) is 2.73. The number of nitrogens with one attached hydrogen (secondary N) is 1. The molecule has 104 valence electrons. The Bertz CT molecular complexity index is 610. The van der Waals surface area contributed by atoms with Gasteiger partial charge in [-0.2, -0.15) is 0 Å². The summed E-state index contributed by atoms with van der Waals surface area (Å²) in [4.78, 5) is 2.19. The molecule has 1 heterocycles. The van der Waals surface area contributed by atoms with Gasteiger partial charge in [0.05, 0.1) is 0 Å². The van der Waals surface area contributed by atoms with Crippen LogP contribution in [0.4, 0.5) is 10.1 Å². The molecule has 0 bridgehead atoms. The van der Waals surface area contributed by atoms with E-state index in [1.54, 1.807) is 12.1 Å². The van der Waals surface area contributed by atoms with Gasteiger partial charge in [-0.25, -0.2) is 4.39 Å². The minimum Gasteiger partial charge on any atom is -0.367 e. The van der Waals surface area contributed by atoms with E-state index >= 15 is 0 Å². The standard InChI is InChI=1S/C17H19FN2/c1-2-20(17-5-3-4-16(18)9-17)12-13-6-7-14-10-19-11-15(14)8-13/h3-9,19H,2,10-12H2,1H3. The lowest BCUT2D eigenvalue weighted by molar-refractivity contribution is 0.626. The lowest BCUT2D eigenvalue weighted by atomic mass is 10.1. The first-order valence-electron chi connectivity index (χ1n) is 7.08. The van der Waals surface area contributed by atoms with E-state index in [1.807, 2.05) is 6.07 Å². The normalized spacial score (nSPS) is 13.3. The van der Waals surface area contributed by atoms with Crippen LogP contribution in [0.1, 0.15) is 23.6 Å². The van der Waals surface area contributed by atoms with Gasteiger partial charge in [0.2, 0.25) is 0 Å². The number of hydrogen-bond donors (Lipinski definition) is 1. The van der Waals surface area contributed by atoms with E-state index in [0.717, 1.165) is 31.9 Å². The van der Waals surface area contributed by atoms with Crippen LogP contribution in [0, 0.1) is 5.82 Å². The molecule has 0 atom stereocenters. The van der Waals surface area contributed by atoms with E-state index in [2.05, 4.69) is 35.3 Å². The van der Waals surface area contributed by atoms with Crippen molar-refractivity contribution in [1.29, 1.82) is 0 Å². The van der Waals surface area contributed by atoms with Gasteiger partial charge in [-0.15, -0.1) is 0 Å². The van der Waals surface area contributed by atoms with E-state index in [0.29, 0.717) is 0 Å². The molecule has 1 aliphatic heterocycles. The summed E-state index contributed by atoms with van der Waals surface area (Å²) in [5.74, 6) is -0.181. The number of anilines is 1. The van der Waals surface area contributed by atoms with E-state index < -0.39 is 0 Å². The monoisotopic (exact) mass is 270 g/mol. The summed E-state index contributed by atoms with van der Waals surface area (Å²) in [7, 11) is 0. The molecule has 0 radical (unpaired) electrons. The van der Waals surface area contributed by atoms with Gasteiger partial charge in [0.15, 0.2) is 0 Å². The maximum atomic E-state index is 13.3. The Hall–Kier alpha value is -1.87. The van der Waals surface area contributed by atoms with Crippen molar-refractivity contribution in [1.82, 2.24) is 5.32 Å². The Balaban J connectivity index is 1.81. The van der Waals surface area contributed by atoms with Crippen LogP contribution in [0.3, 0.4) is 0 Å². The molecule has 2 nitrogen and oxygen atoms in total. The molecule has 0 saturated carbocycles. The third-order valence-corrected chi connectivity index (χ3v) is 3.83. The quantitative estimate of drug-likeness (QED) is 0.915.